The molecule has 0 saturated carbocycles. The third-order valence-corrected chi connectivity index (χ3v) is 5.32. The molecule has 0 aliphatic carbocycles. The monoisotopic (exact) mass is 455 g/mol. The fourth-order valence-corrected chi connectivity index (χ4v) is 2.71. The fraction of sp³-hybridized carbons (Fsp3) is 0.125. The summed E-state index contributed by atoms with van der Waals surface area (Å²) < 4.78 is 6.11. The molecule has 0 bridgehead atoms. The summed E-state index contributed by atoms with van der Waals surface area (Å²) in [5.74, 6) is 0.266. The van der Waals surface area contributed by atoms with Crippen molar-refractivity contribution in [2.24, 2.45) is 5.10 Å². The van der Waals surface area contributed by atoms with Gasteiger partial charge in [0.1, 0.15) is 0 Å². The van der Waals surface area contributed by atoms with Crippen LogP contribution < -0.4 is 15.5 Å². The van der Waals surface area contributed by atoms with Crippen molar-refractivity contribution >= 4 is 49.8 Å². The lowest BCUT2D eigenvalue weighted by Crippen LogP contribution is -2.24. The van der Waals surface area contributed by atoms with Crippen LogP contribution in [0.1, 0.15) is 11.1 Å². The first-order valence-corrected chi connectivity index (χ1v) is 8.43. The maximum Gasteiger partial charge on any atom is 0.339 e. The zero-order valence-corrected chi connectivity index (χ0v) is 16.1. The second-order valence-electron chi connectivity index (χ2n) is 4.78. The third-order valence-electron chi connectivity index (χ3n) is 3.16. The number of nitrogens with zero attached hydrogens (tertiary/aromatic N) is 1. The van der Waals surface area contributed by atoms with E-state index in [1.807, 2.05) is 25.1 Å². The van der Waals surface area contributed by atoms with Gasteiger partial charge in [0.15, 0.2) is 11.5 Å². The van der Waals surface area contributed by atoms with Gasteiger partial charge >= 0.3 is 6.03 Å². The average Bonchev–Trinajstić information content (AvgIpc) is 2.57. The number of phenolic OH excluding ortho intramolecular Hbond substituents is 1. The Bertz CT molecular complexity index is 794. The smallest absolute Gasteiger partial charge is 0.339 e. The van der Waals surface area contributed by atoms with E-state index in [1.165, 1.54) is 13.3 Å². The number of aromatic hydroxyl groups is 1. The maximum absolute atomic E-state index is 11.9. The largest absolute Gasteiger partial charge is 0.503 e. The summed E-state index contributed by atoms with van der Waals surface area (Å²) in [6.45, 7) is 1.90. The van der Waals surface area contributed by atoms with Gasteiger partial charge in [-0.1, -0.05) is 18.2 Å². The predicted molar refractivity (Wildman–Crippen MR) is 101 cm³/mol. The summed E-state index contributed by atoms with van der Waals surface area (Å²) in [4.78, 5) is 11.9. The molecule has 0 aliphatic rings. The lowest BCUT2D eigenvalue weighted by atomic mass is 10.2. The van der Waals surface area contributed by atoms with Gasteiger partial charge in [0.25, 0.3) is 0 Å². The number of aryl methyl sites for hydroxylation is 1. The van der Waals surface area contributed by atoms with Crippen LogP contribution in [0.5, 0.6) is 11.5 Å². The fourth-order valence-electron chi connectivity index (χ4n) is 1.89. The van der Waals surface area contributed by atoms with Crippen molar-refractivity contribution in [3.05, 3.63) is 50.4 Å². The number of hydrogen-bond donors (Lipinski definition) is 3. The Morgan fingerprint density at radius 2 is 2.00 bits per heavy atom. The molecular weight excluding hydrogens is 442 g/mol. The number of para-hydroxylation sites is 1. The van der Waals surface area contributed by atoms with Crippen LogP contribution in [0.15, 0.2) is 44.4 Å². The van der Waals surface area contributed by atoms with E-state index in [4.69, 9.17) is 4.74 Å². The number of carbonyl (C=O) groups is 1. The van der Waals surface area contributed by atoms with Crippen molar-refractivity contribution in [1.82, 2.24) is 5.43 Å². The van der Waals surface area contributed by atoms with Gasteiger partial charge in [0, 0.05) is 15.7 Å². The number of hydrazone groups is 1. The van der Waals surface area contributed by atoms with E-state index < -0.39 is 6.03 Å². The first kappa shape index (κ1) is 18.3. The quantitative estimate of drug-likeness (QED) is 0.471. The Labute approximate surface area is 156 Å². The number of hydrogen-bond acceptors (Lipinski definition) is 4. The van der Waals surface area contributed by atoms with E-state index in [2.05, 4.69) is 47.7 Å². The Hall–Kier alpha value is -2.06. The highest BCUT2D eigenvalue weighted by Gasteiger charge is 2.13. The molecule has 3 N–H and O–H groups in total. The molecule has 126 valence electrons. The molecule has 2 aromatic rings. The summed E-state index contributed by atoms with van der Waals surface area (Å²) in [7, 11) is 1.45. The minimum atomic E-state index is -0.457. The van der Waals surface area contributed by atoms with Crippen LogP contribution in [0.4, 0.5) is 10.5 Å². The number of anilines is 1. The number of carbonyl (C=O) groups excluding carboxylic acids is 1. The standard InChI is InChI=1S/C16H15Br2N3O3/c1-9-5-3-4-6-11(9)20-16(23)21-19-8-10-7-12(24-2)15(22)14(18)13(10)17/h3-8,22H,1-2H3,(H2,20,21,23)/b19-8+. The minimum Gasteiger partial charge on any atom is -0.503 e. The molecule has 0 fully saturated rings. The number of urea groups is 1. The molecule has 8 heteroatoms. The maximum atomic E-state index is 11.9. The van der Waals surface area contributed by atoms with E-state index in [1.54, 1.807) is 12.1 Å². The van der Waals surface area contributed by atoms with Crippen LogP contribution in [0, 0.1) is 6.92 Å². The number of nitrogens with one attached hydrogen (secondary N) is 2. The third kappa shape index (κ3) is 4.27. The first-order chi connectivity index (χ1) is 11.4. The molecule has 0 heterocycles. The van der Waals surface area contributed by atoms with Crippen LogP contribution in [-0.2, 0) is 0 Å². The molecule has 0 aromatic heterocycles. The van der Waals surface area contributed by atoms with Crippen molar-refractivity contribution < 1.29 is 14.6 Å². The van der Waals surface area contributed by atoms with E-state index in [0.717, 1.165) is 5.56 Å². The first-order valence-electron chi connectivity index (χ1n) is 6.84. The van der Waals surface area contributed by atoms with Crippen LogP contribution in [0.2, 0.25) is 0 Å². The molecule has 2 rings (SSSR count). The van der Waals surface area contributed by atoms with Gasteiger partial charge in [-0.05, 0) is 56.5 Å². The summed E-state index contributed by atoms with van der Waals surface area (Å²) in [5, 5.41) is 16.5. The average molecular weight is 457 g/mol. The summed E-state index contributed by atoms with van der Waals surface area (Å²) in [5.41, 5.74) is 4.66. The van der Waals surface area contributed by atoms with Crippen molar-refractivity contribution in [2.75, 3.05) is 12.4 Å². The van der Waals surface area contributed by atoms with Gasteiger partial charge in [-0.2, -0.15) is 5.10 Å². The Morgan fingerprint density at radius 3 is 2.67 bits per heavy atom. The molecule has 6 nitrogen and oxygen atoms in total. The van der Waals surface area contributed by atoms with Gasteiger partial charge in [0.05, 0.1) is 17.8 Å². The summed E-state index contributed by atoms with van der Waals surface area (Å²) in [6, 6.07) is 8.57. The molecule has 0 spiro atoms. The van der Waals surface area contributed by atoms with E-state index in [-0.39, 0.29) is 11.5 Å². The zero-order valence-electron chi connectivity index (χ0n) is 12.9. The van der Waals surface area contributed by atoms with Crippen LogP contribution in [0.3, 0.4) is 0 Å². The van der Waals surface area contributed by atoms with E-state index in [0.29, 0.717) is 20.2 Å². The van der Waals surface area contributed by atoms with Gasteiger partial charge in [0.2, 0.25) is 0 Å². The Balaban J connectivity index is 2.08. The summed E-state index contributed by atoms with van der Waals surface area (Å²) in [6.07, 6.45) is 1.44. The van der Waals surface area contributed by atoms with Crippen molar-refractivity contribution in [3.8, 4) is 11.5 Å². The highest BCUT2D eigenvalue weighted by atomic mass is 79.9. The number of methoxy groups -OCH3 is 1. The lowest BCUT2D eigenvalue weighted by Gasteiger charge is -2.09. The Kier molecular flexibility index (Phi) is 6.22. The second-order valence-corrected chi connectivity index (χ2v) is 6.37. The van der Waals surface area contributed by atoms with Crippen molar-refractivity contribution in [3.63, 3.8) is 0 Å². The lowest BCUT2D eigenvalue weighted by molar-refractivity contribution is 0.252. The molecule has 0 aliphatic heterocycles. The molecule has 2 aromatic carbocycles. The van der Waals surface area contributed by atoms with Gasteiger partial charge in [-0.3, -0.25) is 0 Å². The molecule has 0 radical (unpaired) electrons. The summed E-state index contributed by atoms with van der Waals surface area (Å²) >= 11 is 6.60. The number of ether oxygens (including phenoxy) is 1. The number of amides is 2. The number of halogens is 2. The molecule has 0 atom stereocenters. The number of rotatable bonds is 4. The molecule has 2 amide bonds. The molecule has 24 heavy (non-hydrogen) atoms. The minimum absolute atomic E-state index is 0.0215. The van der Waals surface area contributed by atoms with Gasteiger partial charge < -0.3 is 15.2 Å². The van der Waals surface area contributed by atoms with Crippen LogP contribution >= 0.6 is 31.9 Å². The predicted octanol–water partition coefficient (Wildman–Crippen LogP) is 4.39. The molecule has 0 unspecified atom stereocenters. The number of benzene rings is 2. The normalized spacial score (nSPS) is 10.7. The molecule has 0 saturated heterocycles. The van der Waals surface area contributed by atoms with Crippen molar-refractivity contribution in [2.45, 2.75) is 6.92 Å². The Morgan fingerprint density at radius 1 is 1.29 bits per heavy atom. The second kappa shape index (κ2) is 8.16. The van der Waals surface area contributed by atoms with Crippen molar-refractivity contribution in [1.29, 1.82) is 0 Å². The molecular formula is C16H15Br2N3O3. The van der Waals surface area contributed by atoms with E-state index >= 15 is 0 Å². The van der Waals surface area contributed by atoms with Crippen LogP contribution in [0.25, 0.3) is 0 Å². The SMILES string of the molecule is COc1cc(/C=N/NC(=O)Nc2ccccc2C)c(Br)c(Br)c1O. The number of phenols is 1. The topological polar surface area (TPSA) is 83.0 Å². The van der Waals surface area contributed by atoms with E-state index in [9.17, 15) is 9.90 Å². The highest BCUT2D eigenvalue weighted by Crippen LogP contribution is 2.41. The van der Waals surface area contributed by atoms with Crippen LogP contribution in [-0.4, -0.2) is 24.5 Å². The highest BCUT2D eigenvalue weighted by molar-refractivity contribution is 9.13. The van der Waals surface area contributed by atoms with Gasteiger partial charge in [-0.25, -0.2) is 10.2 Å². The van der Waals surface area contributed by atoms with Gasteiger partial charge in [-0.15, -0.1) is 0 Å². The zero-order chi connectivity index (χ0) is 17.7.